The predicted octanol–water partition coefficient (Wildman–Crippen LogP) is 28.3. The van der Waals surface area contributed by atoms with Crippen LogP contribution in [0.3, 0.4) is 0 Å². The lowest BCUT2D eigenvalue weighted by molar-refractivity contribution is 0.328. The zero-order valence-corrected chi connectivity index (χ0v) is 76.0. The summed E-state index contributed by atoms with van der Waals surface area (Å²) in [5.41, 5.74) is 14.3. The number of allylic oxidation sites excluding steroid dienone is 5. The molecule has 0 atom stereocenters. The molecule has 0 fully saturated rings. The van der Waals surface area contributed by atoms with Gasteiger partial charge in [0.2, 0.25) is 11.8 Å². The highest BCUT2D eigenvalue weighted by Crippen LogP contribution is 2.34. The number of rotatable bonds is 10. The van der Waals surface area contributed by atoms with E-state index in [1.807, 2.05) is 30.5 Å². The van der Waals surface area contributed by atoms with Crippen LogP contribution < -0.4 is 0 Å². The average Bonchev–Trinajstić information content (AvgIpc) is 1.82. The highest BCUT2D eigenvalue weighted by molar-refractivity contribution is 7.12. The third-order valence-electron chi connectivity index (χ3n) is 15.6. The standard InChI is InChI=1S/2C10H15N.4C9H13NO.4C9H13NS/c1-5-9-8(6-7-11-9)10(2,3)4;1-5-8-6-7-9(11-8)10(2,3)4;1-5-8-10-7(6-11-8)9(2,3)4;1-5-8-10-6-7(11-8)9(2,3)4;1-5-8-7(6-11-10-8)9(2,3)4;1-5-7-6-8(11-10-7)9(2,3)4;1-5-8-10-7(6-11-8)9(2,3)4;1-5-8-10-6-7(11-8)9(2,3)4;1-5-8-7(6-11-10-8)9(2,3)4;1-5-7-6-8(11-10-7)9(2,3)4/h5-6H,1,7H2,2-4H3;5,7H,1,6H2,2-4H3;8*5-6H,1H2,2-4H3. The van der Waals surface area contributed by atoms with Gasteiger partial charge in [0, 0.05) is 83.2 Å². The van der Waals surface area contributed by atoms with E-state index in [4.69, 9.17) is 17.9 Å². The zero-order valence-electron chi connectivity index (χ0n) is 72.8. The lowest BCUT2D eigenvalue weighted by Crippen LogP contribution is -2.14. The fraction of sp³-hybridized carbons (Fsp3) is 0.457. The first-order valence-corrected chi connectivity index (χ1v) is 40.2. The van der Waals surface area contributed by atoms with Gasteiger partial charge >= 0.3 is 0 Å². The molecule has 0 unspecified atom stereocenters. The van der Waals surface area contributed by atoms with Gasteiger partial charge in [-0.1, -0.05) is 296 Å². The minimum Gasteiger partial charge on any atom is -0.445 e. The van der Waals surface area contributed by atoms with Crippen LogP contribution in [0.1, 0.15) is 302 Å². The molecule has 0 saturated carbocycles. The molecule has 110 heavy (non-hydrogen) atoms. The second-order valence-electron chi connectivity index (χ2n) is 36.0. The molecular weight excluding hydrogens is 1440 g/mol. The third kappa shape index (κ3) is 35.7. The van der Waals surface area contributed by atoms with Crippen LogP contribution in [0.15, 0.2) is 177 Å². The van der Waals surface area contributed by atoms with Crippen LogP contribution in [0.4, 0.5) is 0 Å². The van der Waals surface area contributed by atoms with Crippen LogP contribution in [-0.2, 0) is 43.3 Å². The number of aromatic nitrogens is 8. The molecule has 0 spiro atoms. The maximum atomic E-state index is 5.37. The first-order valence-electron chi connectivity index (χ1n) is 36.9. The maximum absolute atomic E-state index is 5.37. The Morgan fingerprint density at radius 2 is 0.991 bits per heavy atom. The van der Waals surface area contributed by atoms with E-state index in [-0.39, 0.29) is 54.1 Å². The van der Waals surface area contributed by atoms with Crippen molar-refractivity contribution in [3.05, 3.63) is 238 Å². The lowest BCUT2D eigenvalue weighted by Gasteiger charge is -2.20. The fourth-order valence-electron chi connectivity index (χ4n) is 8.63. The molecule has 14 nitrogen and oxygen atoms in total. The molecule has 2 aliphatic rings. The van der Waals surface area contributed by atoms with Crippen molar-refractivity contribution in [1.82, 2.24) is 39.0 Å². The second kappa shape index (κ2) is 43.4. The summed E-state index contributed by atoms with van der Waals surface area (Å²) in [5, 5.41) is 13.8. The molecule has 0 bridgehead atoms. The molecule has 8 aromatic heterocycles. The largest absolute Gasteiger partial charge is 0.445 e. The first kappa shape index (κ1) is 99.6. The van der Waals surface area contributed by atoms with E-state index in [0.29, 0.717) is 11.8 Å². The monoisotopic (exact) mass is 1570 g/mol. The molecular formula is C92H134N10O4S4. The van der Waals surface area contributed by atoms with E-state index >= 15 is 0 Å². The molecule has 600 valence electrons. The summed E-state index contributed by atoms with van der Waals surface area (Å²) in [6.45, 7) is 102. The Morgan fingerprint density at radius 3 is 1.29 bits per heavy atom. The summed E-state index contributed by atoms with van der Waals surface area (Å²) in [4.78, 5) is 28.2. The molecule has 0 aliphatic carbocycles. The Hall–Kier alpha value is -8.42. The van der Waals surface area contributed by atoms with Crippen molar-refractivity contribution in [2.45, 2.75) is 257 Å². The number of oxazole rings is 2. The van der Waals surface area contributed by atoms with E-state index in [9.17, 15) is 0 Å². The van der Waals surface area contributed by atoms with E-state index in [2.05, 4.69) is 351 Å². The topological polar surface area (TPSA) is 180 Å². The first-order chi connectivity index (χ1) is 50.4. The van der Waals surface area contributed by atoms with Gasteiger partial charge in [-0.3, -0.25) is 9.98 Å². The molecule has 0 saturated heterocycles. The van der Waals surface area contributed by atoms with Crippen LogP contribution in [0.5, 0.6) is 0 Å². The summed E-state index contributed by atoms with van der Waals surface area (Å²) in [5.74, 6) is 2.98. The van der Waals surface area contributed by atoms with Crippen LogP contribution in [0.2, 0.25) is 0 Å². The summed E-state index contributed by atoms with van der Waals surface area (Å²) >= 11 is 6.41. The Balaban J connectivity index is 0.000000611. The molecule has 0 amide bonds. The van der Waals surface area contributed by atoms with Crippen molar-refractivity contribution < 1.29 is 17.9 Å². The minimum atomic E-state index is 0.0360. The van der Waals surface area contributed by atoms with Crippen molar-refractivity contribution in [3.63, 3.8) is 0 Å². The summed E-state index contributed by atoms with van der Waals surface area (Å²) in [6.07, 6.45) is 29.8. The summed E-state index contributed by atoms with van der Waals surface area (Å²) in [7, 11) is 0. The number of hydrogen-bond donors (Lipinski definition) is 0. The highest BCUT2D eigenvalue weighted by atomic mass is 32.1. The number of thiazole rings is 2. The quantitative estimate of drug-likeness (QED) is 0.127. The second-order valence-corrected chi connectivity index (χ2v) is 39.4. The van der Waals surface area contributed by atoms with Crippen molar-refractivity contribution in [2.75, 3.05) is 6.54 Å². The van der Waals surface area contributed by atoms with Gasteiger partial charge in [-0.15, -0.1) is 22.7 Å². The van der Waals surface area contributed by atoms with E-state index in [1.165, 1.54) is 38.1 Å². The molecule has 10 heterocycles. The predicted molar refractivity (Wildman–Crippen MR) is 485 cm³/mol. The van der Waals surface area contributed by atoms with Gasteiger partial charge in [0.25, 0.3) is 0 Å². The normalized spacial score (nSPS) is 12.8. The van der Waals surface area contributed by atoms with Gasteiger partial charge in [-0.25, -0.2) is 19.9 Å². The minimum absolute atomic E-state index is 0.0360. The van der Waals surface area contributed by atoms with Crippen LogP contribution in [0.25, 0.3) is 48.6 Å². The third-order valence-corrected chi connectivity index (χ3v) is 19.7. The zero-order chi connectivity index (χ0) is 84.8. The Kier molecular flexibility index (Phi) is 39.3. The van der Waals surface area contributed by atoms with Crippen LogP contribution in [0, 0.1) is 10.8 Å². The van der Waals surface area contributed by atoms with Crippen LogP contribution >= 0.6 is 45.7 Å². The van der Waals surface area contributed by atoms with Gasteiger partial charge in [-0.2, -0.15) is 8.75 Å². The Labute approximate surface area is 680 Å². The molecule has 10 rings (SSSR count). The highest BCUT2D eigenvalue weighted by Gasteiger charge is 2.26. The van der Waals surface area contributed by atoms with E-state index < -0.39 is 0 Å². The summed E-state index contributed by atoms with van der Waals surface area (Å²) in [6, 6.07) is 4.00. The maximum Gasteiger partial charge on any atom is 0.218 e. The number of aliphatic imine (C=N–C) groups is 2. The molecule has 0 radical (unpaired) electrons. The van der Waals surface area contributed by atoms with E-state index in [1.54, 1.807) is 95.5 Å². The SMILES string of the molecule is C=CC1=NC(C(C)(C)C)=CC1.C=CC1=NCC=C1C(C)(C)C.C=Cc1cc(C(C)(C)C)on1.C=Cc1cc(C(C)(C)C)sn1.C=Cc1nc(C(C)(C)C)co1.C=Cc1nc(C(C)(C)C)cs1.C=Cc1ncc(C(C)(C)C)o1.C=Cc1ncc(C(C)(C)C)s1.C=Cc1nocc1C(C)(C)C.C=Cc1nscc1C(C)(C)C. The molecule has 0 N–H and O–H groups in total. The number of hydrogen-bond acceptors (Lipinski definition) is 18. The lowest BCUT2D eigenvalue weighted by atomic mass is 9.84. The van der Waals surface area contributed by atoms with Crippen molar-refractivity contribution >= 4 is 106 Å². The Morgan fingerprint density at radius 1 is 0.427 bits per heavy atom. The Bertz CT molecular complexity index is 3850. The molecule has 2 aliphatic heterocycles. The molecule has 18 heteroatoms. The van der Waals surface area contributed by atoms with Crippen molar-refractivity contribution in [2.24, 2.45) is 20.8 Å². The fourth-order valence-corrected chi connectivity index (χ4v) is 12.0. The van der Waals surface area contributed by atoms with Gasteiger partial charge in [-0.05, 0) is 128 Å². The van der Waals surface area contributed by atoms with Crippen LogP contribution in [-0.4, -0.2) is 57.0 Å². The van der Waals surface area contributed by atoms with E-state index in [0.717, 1.165) is 85.7 Å². The van der Waals surface area contributed by atoms with Crippen molar-refractivity contribution in [1.29, 1.82) is 0 Å². The van der Waals surface area contributed by atoms with Gasteiger partial charge in [0.15, 0.2) is 0 Å². The smallest absolute Gasteiger partial charge is 0.218 e. The summed E-state index contributed by atoms with van der Waals surface area (Å²) < 4.78 is 28.9. The molecule has 8 aromatic rings. The van der Waals surface area contributed by atoms with Gasteiger partial charge in [0.05, 0.1) is 41.2 Å². The molecule has 0 aromatic carbocycles. The van der Waals surface area contributed by atoms with Crippen molar-refractivity contribution in [3.8, 4) is 0 Å². The number of nitrogens with zero attached hydrogens (tertiary/aromatic N) is 10. The average molecular weight is 1570 g/mol. The van der Waals surface area contributed by atoms with Gasteiger partial charge in [0.1, 0.15) is 45.4 Å². The van der Waals surface area contributed by atoms with Gasteiger partial charge < -0.3 is 17.9 Å².